The molecule has 0 amide bonds. The second-order valence-electron chi connectivity index (χ2n) is 6.82. The molecule has 0 bridgehead atoms. The largest absolute Gasteiger partial charge is 0.379 e. The lowest BCUT2D eigenvalue weighted by Crippen LogP contribution is -2.44. The number of rotatable bonds is 0. The second kappa shape index (κ2) is 4.51. The van der Waals surface area contributed by atoms with Gasteiger partial charge in [-0.05, 0) is 47.6 Å². The maximum atomic E-state index is 3.93. The van der Waals surface area contributed by atoms with Crippen LogP contribution in [0.3, 0.4) is 0 Å². The Kier molecular flexibility index (Phi) is 2.76. The van der Waals surface area contributed by atoms with Crippen molar-refractivity contribution in [3.63, 3.8) is 0 Å². The van der Waals surface area contributed by atoms with Crippen molar-refractivity contribution in [1.29, 1.82) is 0 Å². The van der Waals surface area contributed by atoms with Crippen molar-refractivity contribution in [2.75, 3.05) is 5.32 Å². The van der Waals surface area contributed by atoms with E-state index in [9.17, 15) is 0 Å². The Morgan fingerprint density at radius 2 is 1.80 bits per heavy atom. The fourth-order valence-electron chi connectivity index (χ4n) is 4.52. The Labute approximate surface area is 121 Å². The average molecular weight is 265 g/mol. The van der Waals surface area contributed by atoms with E-state index in [4.69, 9.17) is 0 Å². The molecule has 20 heavy (non-hydrogen) atoms. The Balaban J connectivity index is 1.83. The van der Waals surface area contributed by atoms with Gasteiger partial charge in [0.15, 0.2) is 0 Å². The van der Waals surface area contributed by atoms with Crippen LogP contribution in [0.1, 0.15) is 56.9 Å². The summed E-state index contributed by atoms with van der Waals surface area (Å²) in [5, 5.41) is 6.75. The molecule has 1 heteroatoms. The lowest BCUT2D eigenvalue weighted by Gasteiger charge is -2.45. The van der Waals surface area contributed by atoms with Crippen LogP contribution in [0.5, 0.6) is 0 Å². The number of nitrogens with one attached hydrogen (secondary N) is 1. The first-order valence-electron chi connectivity index (χ1n) is 8.07. The van der Waals surface area contributed by atoms with Crippen molar-refractivity contribution < 1.29 is 0 Å². The highest BCUT2D eigenvalue weighted by Gasteiger charge is 2.38. The quantitative estimate of drug-likeness (QED) is 0.666. The summed E-state index contributed by atoms with van der Waals surface area (Å²) in [4.78, 5) is 0. The highest BCUT2D eigenvalue weighted by atomic mass is 15.0. The molecule has 1 N–H and O–H groups in total. The molecule has 1 heterocycles. The summed E-state index contributed by atoms with van der Waals surface area (Å²) in [7, 11) is 0. The third-order valence-electron chi connectivity index (χ3n) is 5.37. The molecule has 1 fully saturated rings. The zero-order chi connectivity index (χ0) is 13.6. The van der Waals surface area contributed by atoms with Gasteiger partial charge in [0, 0.05) is 11.2 Å². The van der Waals surface area contributed by atoms with E-state index >= 15 is 0 Å². The average Bonchev–Trinajstić information content (AvgIpc) is 2.47. The van der Waals surface area contributed by atoms with Crippen molar-refractivity contribution in [2.24, 2.45) is 0 Å². The summed E-state index contributed by atoms with van der Waals surface area (Å²) in [5.74, 6) is 0.662. The first kappa shape index (κ1) is 12.3. The molecular formula is C19H23N. The van der Waals surface area contributed by atoms with Crippen LogP contribution in [-0.2, 0) is 0 Å². The molecule has 4 rings (SSSR count). The van der Waals surface area contributed by atoms with Gasteiger partial charge in [-0.3, -0.25) is 0 Å². The molecule has 2 aromatic rings. The number of hydrogen-bond donors (Lipinski definition) is 1. The zero-order valence-electron chi connectivity index (χ0n) is 12.3. The maximum Gasteiger partial charge on any atom is 0.0386 e. The predicted molar refractivity (Wildman–Crippen MR) is 86.4 cm³/mol. The molecule has 1 aliphatic heterocycles. The molecule has 0 radical (unpaired) electrons. The van der Waals surface area contributed by atoms with Crippen LogP contribution in [0.4, 0.5) is 5.69 Å². The highest BCUT2D eigenvalue weighted by molar-refractivity contribution is 5.91. The highest BCUT2D eigenvalue weighted by Crippen LogP contribution is 2.47. The van der Waals surface area contributed by atoms with Gasteiger partial charge in [-0.1, -0.05) is 56.5 Å². The molecule has 2 aliphatic rings. The van der Waals surface area contributed by atoms with E-state index in [0.29, 0.717) is 11.5 Å². The summed E-state index contributed by atoms with van der Waals surface area (Å²) in [6.07, 6.45) is 8.20. The van der Waals surface area contributed by atoms with E-state index in [-0.39, 0.29) is 0 Å². The fourth-order valence-corrected chi connectivity index (χ4v) is 4.52. The Morgan fingerprint density at radius 1 is 1.00 bits per heavy atom. The van der Waals surface area contributed by atoms with Gasteiger partial charge in [-0.15, -0.1) is 0 Å². The minimum Gasteiger partial charge on any atom is -0.379 e. The predicted octanol–water partition coefficient (Wildman–Crippen LogP) is 5.46. The minimum absolute atomic E-state index is 0.382. The maximum absolute atomic E-state index is 3.93. The first-order chi connectivity index (χ1) is 9.77. The molecule has 1 spiro atoms. The molecule has 0 unspecified atom stereocenters. The van der Waals surface area contributed by atoms with Crippen molar-refractivity contribution in [1.82, 2.24) is 0 Å². The Bertz CT molecular complexity index is 637. The smallest absolute Gasteiger partial charge is 0.0386 e. The van der Waals surface area contributed by atoms with Crippen LogP contribution in [0.2, 0.25) is 0 Å². The molecule has 104 valence electrons. The number of fused-ring (bicyclic) bond motifs is 3. The third-order valence-corrected chi connectivity index (χ3v) is 5.37. The van der Waals surface area contributed by atoms with Crippen LogP contribution in [-0.4, -0.2) is 5.54 Å². The summed E-state index contributed by atoms with van der Waals surface area (Å²) in [6.45, 7) is 2.42. The van der Waals surface area contributed by atoms with Crippen molar-refractivity contribution >= 4 is 16.5 Å². The van der Waals surface area contributed by atoms with E-state index in [0.717, 1.165) is 0 Å². The molecule has 0 aromatic heterocycles. The van der Waals surface area contributed by atoms with E-state index in [2.05, 4.69) is 48.6 Å². The topological polar surface area (TPSA) is 12.0 Å². The summed E-state index contributed by atoms with van der Waals surface area (Å²) in [5.41, 5.74) is 3.32. The summed E-state index contributed by atoms with van der Waals surface area (Å²) in [6, 6.07) is 13.4. The fraction of sp³-hybridized carbons (Fsp3) is 0.474. The molecule has 1 aliphatic carbocycles. The standard InChI is InChI=1S/C19H23N/c1-14-13-19(11-5-2-6-12-19)20-17-10-9-15-7-3-4-8-16(15)18(14)17/h3-4,7-10,14,20H,2,5-6,11-13H2,1H3/t14-/m0/s1. The Hall–Kier alpha value is -1.50. The van der Waals surface area contributed by atoms with Gasteiger partial charge in [0.25, 0.3) is 0 Å². The lowest BCUT2D eigenvalue weighted by atomic mass is 9.71. The van der Waals surface area contributed by atoms with Gasteiger partial charge >= 0.3 is 0 Å². The van der Waals surface area contributed by atoms with Gasteiger partial charge in [-0.2, -0.15) is 0 Å². The minimum atomic E-state index is 0.382. The van der Waals surface area contributed by atoms with Gasteiger partial charge in [0.05, 0.1) is 0 Å². The SMILES string of the molecule is C[C@H]1CC2(CCCCC2)Nc2ccc3ccccc3c21. The van der Waals surface area contributed by atoms with Gasteiger partial charge in [-0.25, -0.2) is 0 Å². The normalized spacial score (nSPS) is 24.4. The van der Waals surface area contributed by atoms with E-state index in [1.807, 2.05) is 0 Å². The van der Waals surface area contributed by atoms with E-state index in [1.54, 1.807) is 5.56 Å². The lowest BCUT2D eigenvalue weighted by molar-refractivity contribution is 0.282. The second-order valence-corrected chi connectivity index (χ2v) is 6.82. The molecule has 2 aromatic carbocycles. The number of benzene rings is 2. The van der Waals surface area contributed by atoms with Crippen LogP contribution >= 0.6 is 0 Å². The zero-order valence-corrected chi connectivity index (χ0v) is 12.3. The Morgan fingerprint density at radius 3 is 2.65 bits per heavy atom. The van der Waals surface area contributed by atoms with Gasteiger partial charge < -0.3 is 5.32 Å². The first-order valence-corrected chi connectivity index (χ1v) is 8.07. The van der Waals surface area contributed by atoms with Crippen LogP contribution in [0, 0.1) is 0 Å². The third kappa shape index (κ3) is 1.83. The number of anilines is 1. The molecule has 0 saturated heterocycles. The summed E-state index contributed by atoms with van der Waals surface area (Å²) < 4.78 is 0. The molecular weight excluding hydrogens is 242 g/mol. The van der Waals surface area contributed by atoms with Crippen LogP contribution in [0.25, 0.3) is 10.8 Å². The molecule has 1 saturated carbocycles. The van der Waals surface area contributed by atoms with Gasteiger partial charge in [0.2, 0.25) is 0 Å². The van der Waals surface area contributed by atoms with E-state index < -0.39 is 0 Å². The van der Waals surface area contributed by atoms with Crippen LogP contribution in [0.15, 0.2) is 36.4 Å². The van der Waals surface area contributed by atoms with Crippen molar-refractivity contribution in [3.05, 3.63) is 42.0 Å². The van der Waals surface area contributed by atoms with Crippen molar-refractivity contribution in [2.45, 2.75) is 56.9 Å². The number of hydrogen-bond acceptors (Lipinski definition) is 1. The van der Waals surface area contributed by atoms with Crippen LogP contribution < -0.4 is 5.32 Å². The van der Waals surface area contributed by atoms with E-state index in [1.165, 1.54) is 55.0 Å². The molecule has 1 atom stereocenters. The molecule has 1 nitrogen and oxygen atoms in total. The monoisotopic (exact) mass is 265 g/mol. The van der Waals surface area contributed by atoms with Crippen molar-refractivity contribution in [3.8, 4) is 0 Å². The van der Waals surface area contributed by atoms with Gasteiger partial charge in [0.1, 0.15) is 0 Å². The summed E-state index contributed by atoms with van der Waals surface area (Å²) >= 11 is 0.